The molecule has 2 heterocycles. The van der Waals surface area contributed by atoms with Gasteiger partial charge >= 0.3 is 0 Å². The minimum atomic E-state index is -3.51. The van der Waals surface area contributed by atoms with Gasteiger partial charge in [-0.25, -0.2) is 22.3 Å². The number of hydrogen-bond acceptors (Lipinski definition) is 5. The van der Waals surface area contributed by atoms with Gasteiger partial charge in [0.1, 0.15) is 17.2 Å². The molecule has 3 aromatic rings. The standard InChI is InChI=1S/C19H22FN5O3S/c1-6-13-10-16(19(26)24(3)4)21-18-11(2)17(22-25(13)18)14-8-7-12(9-15(14)20)23-29(5,27)28/h7-10,23H,6H2,1-5H3. The normalized spacial score (nSPS) is 11.7. The van der Waals surface area contributed by atoms with Crippen LogP contribution in [0, 0.1) is 12.7 Å². The van der Waals surface area contributed by atoms with E-state index in [2.05, 4.69) is 14.8 Å². The summed E-state index contributed by atoms with van der Waals surface area (Å²) in [5, 5.41) is 4.51. The van der Waals surface area contributed by atoms with E-state index in [1.54, 1.807) is 31.6 Å². The van der Waals surface area contributed by atoms with Gasteiger partial charge in [-0.15, -0.1) is 0 Å². The number of halogens is 1. The number of hydrogen-bond donors (Lipinski definition) is 1. The number of carbonyl (C=O) groups excluding carboxylic acids is 1. The van der Waals surface area contributed by atoms with Crippen LogP contribution < -0.4 is 4.72 Å². The van der Waals surface area contributed by atoms with Gasteiger partial charge in [-0.2, -0.15) is 5.10 Å². The highest BCUT2D eigenvalue weighted by Crippen LogP contribution is 2.29. The van der Waals surface area contributed by atoms with E-state index in [4.69, 9.17) is 0 Å². The summed E-state index contributed by atoms with van der Waals surface area (Å²) < 4.78 is 41.3. The van der Waals surface area contributed by atoms with E-state index >= 15 is 0 Å². The lowest BCUT2D eigenvalue weighted by molar-refractivity contribution is 0.0822. The SMILES string of the molecule is CCc1cc(C(=O)N(C)C)nc2c(C)c(-c3ccc(NS(C)(=O)=O)cc3F)nn12. The van der Waals surface area contributed by atoms with Gasteiger partial charge in [-0.3, -0.25) is 9.52 Å². The Kier molecular flexibility index (Phi) is 5.31. The second-order valence-corrected chi connectivity index (χ2v) is 8.71. The van der Waals surface area contributed by atoms with E-state index in [9.17, 15) is 17.6 Å². The van der Waals surface area contributed by atoms with Gasteiger partial charge in [0.05, 0.1) is 11.9 Å². The van der Waals surface area contributed by atoms with Crippen LogP contribution in [0.2, 0.25) is 0 Å². The smallest absolute Gasteiger partial charge is 0.272 e. The van der Waals surface area contributed by atoms with E-state index in [1.807, 2.05) is 6.92 Å². The summed E-state index contributed by atoms with van der Waals surface area (Å²) in [6.45, 7) is 3.69. The topological polar surface area (TPSA) is 96.7 Å². The Balaban J connectivity index is 2.16. The number of sulfonamides is 1. The summed E-state index contributed by atoms with van der Waals surface area (Å²) in [5.74, 6) is -0.848. The van der Waals surface area contributed by atoms with Crippen molar-refractivity contribution in [2.75, 3.05) is 25.1 Å². The first kappa shape index (κ1) is 20.7. The summed E-state index contributed by atoms with van der Waals surface area (Å²) in [5.41, 5.74) is 2.88. The van der Waals surface area contributed by atoms with Gasteiger partial charge in [-0.1, -0.05) is 6.92 Å². The summed E-state index contributed by atoms with van der Waals surface area (Å²) in [4.78, 5) is 18.3. The van der Waals surface area contributed by atoms with E-state index < -0.39 is 15.8 Å². The van der Waals surface area contributed by atoms with Gasteiger partial charge < -0.3 is 4.90 Å². The van der Waals surface area contributed by atoms with Crippen molar-refractivity contribution < 1.29 is 17.6 Å². The molecule has 8 nitrogen and oxygen atoms in total. The maximum Gasteiger partial charge on any atom is 0.272 e. The number of nitrogens with zero attached hydrogens (tertiary/aromatic N) is 4. The zero-order valence-corrected chi connectivity index (χ0v) is 17.6. The fourth-order valence-electron chi connectivity index (χ4n) is 3.01. The second kappa shape index (κ2) is 7.43. The first-order chi connectivity index (χ1) is 13.5. The van der Waals surface area contributed by atoms with Crippen LogP contribution in [0.25, 0.3) is 16.9 Å². The number of aromatic nitrogens is 3. The van der Waals surface area contributed by atoms with Crippen LogP contribution in [0.4, 0.5) is 10.1 Å². The first-order valence-corrected chi connectivity index (χ1v) is 10.8. The van der Waals surface area contributed by atoms with Crippen LogP contribution in [0.3, 0.4) is 0 Å². The predicted octanol–water partition coefficient (Wildman–Crippen LogP) is 2.48. The highest BCUT2D eigenvalue weighted by molar-refractivity contribution is 7.92. The Morgan fingerprint density at radius 2 is 1.97 bits per heavy atom. The molecule has 3 rings (SSSR count). The largest absolute Gasteiger partial charge is 0.343 e. The lowest BCUT2D eigenvalue weighted by Crippen LogP contribution is -2.23. The minimum absolute atomic E-state index is 0.126. The number of rotatable bonds is 5. The Morgan fingerprint density at radius 1 is 1.28 bits per heavy atom. The molecular formula is C19H22FN5O3S. The van der Waals surface area contributed by atoms with Crippen molar-refractivity contribution in [1.82, 2.24) is 19.5 Å². The van der Waals surface area contributed by atoms with Crippen LogP contribution in [0.5, 0.6) is 0 Å². The molecule has 0 bridgehead atoms. The number of benzene rings is 1. The first-order valence-electron chi connectivity index (χ1n) is 8.90. The molecule has 0 fully saturated rings. The average Bonchev–Trinajstić information content (AvgIpc) is 2.95. The second-order valence-electron chi connectivity index (χ2n) is 6.96. The zero-order valence-electron chi connectivity index (χ0n) is 16.8. The summed E-state index contributed by atoms with van der Waals surface area (Å²) in [6.07, 6.45) is 1.60. The summed E-state index contributed by atoms with van der Waals surface area (Å²) >= 11 is 0. The Morgan fingerprint density at radius 3 is 2.52 bits per heavy atom. The Bertz CT molecular complexity index is 1220. The minimum Gasteiger partial charge on any atom is -0.343 e. The van der Waals surface area contributed by atoms with Crippen molar-refractivity contribution in [2.45, 2.75) is 20.3 Å². The lowest BCUT2D eigenvalue weighted by atomic mass is 10.1. The van der Waals surface area contributed by atoms with Gasteiger partial charge in [0.25, 0.3) is 5.91 Å². The number of nitrogens with one attached hydrogen (secondary N) is 1. The third-order valence-corrected chi connectivity index (χ3v) is 5.01. The molecule has 0 spiro atoms. The summed E-state index contributed by atoms with van der Waals surface area (Å²) in [7, 11) is -0.214. The molecule has 10 heteroatoms. The van der Waals surface area contributed by atoms with Crippen molar-refractivity contribution in [1.29, 1.82) is 0 Å². The molecule has 0 aliphatic heterocycles. The molecule has 0 unspecified atom stereocenters. The van der Waals surface area contributed by atoms with Crippen LogP contribution in [-0.4, -0.2) is 54.2 Å². The predicted molar refractivity (Wildman–Crippen MR) is 109 cm³/mol. The van der Waals surface area contributed by atoms with Crippen molar-refractivity contribution in [3.8, 4) is 11.3 Å². The van der Waals surface area contributed by atoms with E-state index in [1.165, 1.54) is 17.0 Å². The number of aryl methyl sites for hydroxylation is 2. The fourth-order valence-corrected chi connectivity index (χ4v) is 3.57. The number of amides is 1. The number of fused-ring (bicyclic) bond motifs is 1. The Hall–Kier alpha value is -3.01. The lowest BCUT2D eigenvalue weighted by Gasteiger charge is -2.11. The third-order valence-electron chi connectivity index (χ3n) is 4.41. The van der Waals surface area contributed by atoms with Gasteiger partial charge in [0.2, 0.25) is 10.0 Å². The monoisotopic (exact) mass is 419 g/mol. The van der Waals surface area contributed by atoms with Crippen LogP contribution in [0.15, 0.2) is 24.3 Å². The van der Waals surface area contributed by atoms with Crippen LogP contribution in [0.1, 0.15) is 28.7 Å². The van der Waals surface area contributed by atoms with Gasteiger partial charge in [0, 0.05) is 30.9 Å². The van der Waals surface area contributed by atoms with E-state index in [0.717, 1.165) is 18.0 Å². The quantitative estimate of drug-likeness (QED) is 0.685. The van der Waals surface area contributed by atoms with Crippen molar-refractivity contribution in [2.24, 2.45) is 0 Å². The molecule has 0 aliphatic rings. The molecule has 1 N–H and O–H groups in total. The van der Waals surface area contributed by atoms with Gasteiger partial charge in [-0.05, 0) is 37.6 Å². The molecule has 2 aromatic heterocycles. The summed E-state index contributed by atoms with van der Waals surface area (Å²) in [6, 6.07) is 5.73. The molecule has 154 valence electrons. The van der Waals surface area contributed by atoms with Crippen LogP contribution in [-0.2, 0) is 16.4 Å². The molecule has 1 aromatic carbocycles. The zero-order chi connectivity index (χ0) is 21.5. The molecule has 1 amide bonds. The molecule has 0 atom stereocenters. The highest BCUT2D eigenvalue weighted by atomic mass is 32.2. The molecule has 0 radical (unpaired) electrons. The highest BCUT2D eigenvalue weighted by Gasteiger charge is 2.20. The van der Waals surface area contributed by atoms with Crippen molar-refractivity contribution >= 4 is 27.3 Å². The number of anilines is 1. The average molecular weight is 419 g/mol. The van der Waals surface area contributed by atoms with E-state index in [0.29, 0.717) is 29.0 Å². The fraction of sp³-hybridized carbons (Fsp3) is 0.316. The molecule has 0 saturated heterocycles. The molecule has 0 aliphatic carbocycles. The van der Waals surface area contributed by atoms with Crippen molar-refractivity contribution in [3.05, 3.63) is 47.0 Å². The van der Waals surface area contributed by atoms with Gasteiger partial charge in [0.15, 0.2) is 5.65 Å². The molecular weight excluding hydrogens is 397 g/mol. The Labute approximate surface area is 168 Å². The molecule has 0 saturated carbocycles. The van der Waals surface area contributed by atoms with E-state index in [-0.39, 0.29) is 17.2 Å². The van der Waals surface area contributed by atoms with Crippen molar-refractivity contribution in [3.63, 3.8) is 0 Å². The molecule has 29 heavy (non-hydrogen) atoms. The maximum absolute atomic E-state index is 14.7. The number of carbonyl (C=O) groups is 1. The third kappa shape index (κ3) is 4.07. The maximum atomic E-state index is 14.7. The van der Waals surface area contributed by atoms with Crippen LogP contribution >= 0.6 is 0 Å².